The van der Waals surface area contributed by atoms with E-state index < -0.39 is 0 Å². The Morgan fingerprint density at radius 2 is 2.16 bits per heavy atom. The monoisotopic (exact) mass is 342 g/mol. The number of nitrogens with zero attached hydrogens (tertiary/aromatic N) is 2. The molecule has 25 heavy (non-hydrogen) atoms. The standard InChI is InChI=1S/C19H26N4O2/c1-14-4-6-15(7-5-14)12-23(10-3-11-25-2)19(24)18-17-16(8-9-20-18)21-13-22-17/h4-7,13,18,20H,3,8-12H2,1-2H3,(H,21,22)/t18-/m0/s1. The maximum Gasteiger partial charge on any atom is 0.246 e. The second-order valence-electron chi connectivity index (χ2n) is 6.50. The van der Waals surface area contributed by atoms with Crippen LogP contribution in [-0.2, 0) is 22.5 Å². The first-order chi connectivity index (χ1) is 12.2. The molecule has 6 nitrogen and oxygen atoms in total. The molecule has 0 saturated carbocycles. The first-order valence-electron chi connectivity index (χ1n) is 8.78. The van der Waals surface area contributed by atoms with E-state index >= 15 is 0 Å². The van der Waals surface area contributed by atoms with Gasteiger partial charge in [0.2, 0.25) is 5.91 Å². The second-order valence-corrected chi connectivity index (χ2v) is 6.50. The van der Waals surface area contributed by atoms with Crippen LogP contribution in [0.1, 0.15) is 35.0 Å². The quantitative estimate of drug-likeness (QED) is 0.755. The van der Waals surface area contributed by atoms with Crippen LogP contribution in [0.25, 0.3) is 0 Å². The lowest BCUT2D eigenvalue weighted by Gasteiger charge is -2.30. The van der Waals surface area contributed by atoms with Gasteiger partial charge in [0.05, 0.1) is 12.0 Å². The van der Waals surface area contributed by atoms with E-state index in [9.17, 15) is 4.79 Å². The van der Waals surface area contributed by atoms with Crippen molar-refractivity contribution >= 4 is 5.91 Å². The molecule has 3 rings (SSSR count). The van der Waals surface area contributed by atoms with E-state index in [0.29, 0.717) is 19.7 Å². The molecule has 134 valence electrons. The summed E-state index contributed by atoms with van der Waals surface area (Å²) in [6, 6.07) is 7.96. The number of hydrogen-bond donors (Lipinski definition) is 2. The van der Waals surface area contributed by atoms with Gasteiger partial charge < -0.3 is 19.9 Å². The number of aromatic amines is 1. The largest absolute Gasteiger partial charge is 0.385 e. The Morgan fingerprint density at radius 3 is 2.92 bits per heavy atom. The van der Waals surface area contributed by atoms with E-state index in [1.54, 1.807) is 13.4 Å². The number of fused-ring (bicyclic) bond motifs is 1. The molecule has 0 bridgehead atoms. The van der Waals surface area contributed by atoms with Crippen LogP contribution in [0.5, 0.6) is 0 Å². The minimum atomic E-state index is -0.372. The molecule has 0 saturated heterocycles. The number of imidazole rings is 1. The molecular formula is C19H26N4O2. The molecule has 2 N–H and O–H groups in total. The summed E-state index contributed by atoms with van der Waals surface area (Å²) in [6.45, 7) is 4.75. The summed E-state index contributed by atoms with van der Waals surface area (Å²) in [5.41, 5.74) is 4.24. The molecule has 0 unspecified atom stereocenters. The highest BCUT2D eigenvalue weighted by molar-refractivity contribution is 5.83. The van der Waals surface area contributed by atoms with Gasteiger partial charge in [-0.2, -0.15) is 0 Å². The highest BCUT2D eigenvalue weighted by Gasteiger charge is 2.31. The van der Waals surface area contributed by atoms with Gasteiger partial charge in [-0.05, 0) is 18.9 Å². The Bertz CT molecular complexity index is 696. The number of rotatable bonds is 7. The van der Waals surface area contributed by atoms with Crippen LogP contribution in [0.2, 0.25) is 0 Å². The molecule has 1 atom stereocenters. The first kappa shape index (κ1) is 17.6. The number of aryl methyl sites for hydroxylation is 1. The van der Waals surface area contributed by atoms with E-state index in [1.807, 2.05) is 4.90 Å². The van der Waals surface area contributed by atoms with E-state index in [-0.39, 0.29) is 11.9 Å². The van der Waals surface area contributed by atoms with Crippen molar-refractivity contribution in [3.05, 3.63) is 53.1 Å². The molecule has 6 heteroatoms. The highest BCUT2D eigenvalue weighted by atomic mass is 16.5. The lowest BCUT2D eigenvalue weighted by atomic mass is 10.0. The molecule has 0 spiro atoms. The number of amides is 1. The van der Waals surface area contributed by atoms with E-state index in [2.05, 4.69) is 46.5 Å². The van der Waals surface area contributed by atoms with Crippen molar-refractivity contribution in [2.24, 2.45) is 0 Å². The van der Waals surface area contributed by atoms with Crippen molar-refractivity contribution < 1.29 is 9.53 Å². The fourth-order valence-electron chi connectivity index (χ4n) is 3.19. The number of carbonyl (C=O) groups is 1. The molecule has 2 heterocycles. The third kappa shape index (κ3) is 4.27. The van der Waals surface area contributed by atoms with Gasteiger partial charge in [0.15, 0.2) is 0 Å². The number of aromatic nitrogens is 2. The van der Waals surface area contributed by atoms with E-state index in [1.165, 1.54) is 5.56 Å². The Hall–Kier alpha value is -2.18. The number of nitrogens with one attached hydrogen (secondary N) is 2. The van der Waals surface area contributed by atoms with Gasteiger partial charge in [0.1, 0.15) is 6.04 Å². The number of methoxy groups -OCH3 is 1. The van der Waals surface area contributed by atoms with Gasteiger partial charge in [-0.3, -0.25) is 4.79 Å². The van der Waals surface area contributed by atoms with Crippen molar-refractivity contribution in [1.82, 2.24) is 20.2 Å². The average Bonchev–Trinajstić information content (AvgIpc) is 3.11. The van der Waals surface area contributed by atoms with Gasteiger partial charge >= 0.3 is 0 Å². The Morgan fingerprint density at radius 1 is 1.36 bits per heavy atom. The summed E-state index contributed by atoms with van der Waals surface area (Å²) >= 11 is 0. The lowest BCUT2D eigenvalue weighted by Crippen LogP contribution is -2.44. The molecule has 1 amide bonds. The fourth-order valence-corrected chi connectivity index (χ4v) is 3.19. The molecule has 1 aromatic heterocycles. The molecule has 1 aliphatic rings. The molecule has 0 radical (unpaired) electrons. The maximum atomic E-state index is 13.2. The zero-order valence-electron chi connectivity index (χ0n) is 14.9. The highest BCUT2D eigenvalue weighted by Crippen LogP contribution is 2.22. The first-order valence-corrected chi connectivity index (χ1v) is 8.78. The minimum absolute atomic E-state index is 0.0738. The van der Waals surface area contributed by atoms with Crippen LogP contribution in [-0.4, -0.2) is 47.6 Å². The summed E-state index contributed by atoms with van der Waals surface area (Å²) in [5.74, 6) is 0.0738. The summed E-state index contributed by atoms with van der Waals surface area (Å²) in [5, 5.41) is 3.32. The number of ether oxygens (including phenoxy) is 1. The van der Waals surface area contributed by atoms with Crippen molar-refractivity contribution in [2.45, 2.75) is 32.4 Å². The van der Waals surface area contributed by atoms with E-state index in [0.717, 1.165) is 36.3 Å². The summed E-state index contributed by atoms with van der Waals surface area (Å²) in [6.07, 6.45) is 3.36. The normalized spacial score (nSPS) is 16.5. The predicted molar refractivity (Wildman–Crippen MR) is 96.1 cm³/mol. The number of hydrogen-bond acceptors (Lipinski definition) is 4. The molecular weight excluding hydrogens is 316 g/mol. The molecule has 0 fully saturated rings. The predicted octanol–water partition coefficient (Wildman–Crippen LogP) is 1.97. The van der Waals surface area contributed by atoms with Gasteiger partial charge in [-0.1, -0.05) is 29.8 Å². The summed E-state index contributed by atoms with van der Waals surface area (Å²) in [7, 11) is 1.69. The van der Waals surface area contributed by atoms with Gasteiger partial charge in [-0.15, -0.1) is 0 Å². The maximum absolute atomic E-state index is 13.2. The smallest absolute Gasteiger partial charge is 0.246 e. The van der Waals surface area contributed by atoms with Crippen LogP contribution in [0.4, 0.5) is 0 Å². The third-order valence-electron chi connectivity index (χ3n) is 4.58. The van der Waals surface area contributed by atoms with Crippen LogP contribution >= 0.6 is 0 Å². The zero-order chi connectivity index (χ0) is 17.6. The van der Waals surface area contributed by atoms with Crippen molar-refractivity contribution in [2.75, 3.05) is 26.8 Å². The SMILES string of the molecule is COCCCN(Cc1ccc(C)cc1)C(=O)[C@H]1NCCc2[nH]cnc21. The summed E-state index contributed by atoms with van der Waals surface area (Å²) < 4.78 is 5.16. The minimum Gasteiger partial charge on any atom is -0.385 e. The van der Waals surface area contributed by atoms with Crippen molar-refractivity contribution in [3.8, 4) is 0 Å². The fraction of sp³-hybridized carbons (Fsp3) is 0.474. The number of H-pyrrole nitrogens is 1. The number of benzene rings is 1. The molecule has 1 aromatic carbocycles. The lowest BCUT2D eigenvalue weighted by molar-refractivity contribution is -0.134. The van der Waals surface area contributed by atoms with Gasteiger partial charge in [-0.25, -0.2) is 4.98 Å². The third-order valence-corrected chi connectivity index (χ3v) is 4.58. The molecule has 1 aliphatic heterocycles. The van der Waals surface area contributed by atoms with Gasteiger partial charge in [0.25, 0.3) is 0 Å². The van der Waals surface area contributed by atoms with Crippen LogP contribution < -0.4 is 5.32 Å². The van der Waals surface area contributed by atoms with Crippen LogP contribution in [0.15, 0.2) is 30.6 Å². The molecule has 2 aromatic rings. The van der Waals surface area contributed by atoms with Gasteiger partial charge in [0, 0.05) is 45.5 Å². The van der Waals surface area contributed by atoms with Crippen LogP contribution in [0, 0.1) is 6.92 Å². The topological polar surface area (TPSA) is 70.2 Å². The Balaban J connectivity index is 1.76. The van der Waals surface area contributed by atoms with Crippen molar-refractivity contribution in [3.63, 3.8) is 0 Å². The second kappa shape index (κ2) is 8.27. The Labute approximate surface area is 148 Å². The Kier molecular flexibility index (Phi) is 5.83. The van der Waals surface area contributed by atoms with Crippen LogP contribution in [0.3, 0.4) is 0 Å². The summed E-state index contributed by atoms with van der Waals surface area (Å²) in [4.78, 5) is 22.6. The van der Waals surface area contributed by atoms with Crippen molar-refractivity contribution in [1.29, 1.82) is 0 Å². The molecule has 0 aliphatic carbocycles. The van der Waals surface area contributed by atoms with E-state index in [4.69, 9.17) is 4.74 Å². The average molecular weight is 342 g/mol. The number of carbonyl (C=O) groups excluding carboxylic acids is 1. The zero-order valence-corrected chi connectivity index (χ0v) is 14.9.